The molecule has 2 amide bonds. The number of hydrogen-bond acceptors (Lipinski definition) is 3. The largest absolute Gasteiger partial charge is 0.341 e. The van der Waals surface area contributed by atoms with E-state index in [-0.39, 0.29) is 5.69 Å². The van der Waals surface area contributed by atoms with Gasteiger partial charge in [0.25, 0.3) is 10.0 Å². The van der Waals surface area contributed by atoms with E-state index in [4.69, 9.17) is 0 Å². The van der Waals surface area contributed by atoms with Gasteiger partial charge in [-0.2, -0.15) is 0 Å². The Balaban J connectivity index is 2.27. The second-order valence-corrected chi connectivity index (χ2v) is 6.18. The number of carbonyl (C=O) groups excluding carboxylic acids is 1. The van der Waals surface area contributed by atoms with Crippen LogP contribution in [0.25, 0.3) is 0 Å². The Hall–Kier alpha value is -2.68. The molecule has 0 aliphatic carbocycles. The summed E-state index contributed by atoms with van der Waals surface area (Å²) >= 11 is 0. The highest BCUT2D eigenvalue weighted by Crippen LogP contribution is 2.20. The zero-order chi connectivity index (χ0) is 17.0. The summed E-state index contributed by atoms with van der Waals surface area (Å²) in [7, 11) is -2.74. The van der Waals surface area contributed by atoms with E-state index >= 15 is 0 Å². The highest BCUT2D eigenvalue weighted by Gasteiger charge is 2.17. The number of hydrogen-bond donors (Lipinski definition) is 3. The fourth-order valence-electron chi connectivity index (χ4n) is 1.75. The average molecular weight is 341 g/mol. The molecule has 0 unspecified atom stereocenters. The lowest BCUT2D eigenvalue weighted by Crippen LogP contribution is -2.24. The SMILES string of the molecule is CNC(=O)Nc1cccc(NS(=O)(=O)c2cc(F)cc(F)c2)c1. The summed E-state index contributed by atoms with van der Waals surface area (Å²) in [4.78, 5) is 10.7. The monoisotopic (exact) mass is 341 g/mol. The smallest absolute Gasteiger partial charge is 0.318 e. The molecule has 0 radical (unpaired) electrons. The molecule has 122 valence electrons. The Labute approximate surface area is 131 Å². The maximum Gasteiger partial charge on any atom is 0.318 e. The number of halogens is 2. The molecule has 0 spiro atoms. The van der Waals surface area contributed by atoms with Crippen molar-refractivity contribution in [3.63, 3.8) is 0 Å². The first-order chi connectivity index (χ1) is 10.8. The normalized spacial score (nSPS) is 10.9. The van der Waals surface area contributed by atoms with Crippen molar-refractivity contribution in [3.8, 4) is 0 Å². The van der Waals surface area contributed by atoms with Crippen LogP contribution in [0.15, 0.2) is 47.4 Å². The first kappa shape index (κ1) is 16.7. The van der Waals surface area contributed by atoms with Gasteiger partial charge in [-0.3, -0.25) is 4.72 Å². The van der Waals surface area contributed by atoms with Crippen LogP contribution in [0.4, 0.5) is 25.0 Å². The highest BCUT2D eigenvalue weighted by molar-refractivity contribution is 7.92. The Morgan fingerprint density at radius 1 is 1.00 bits per heavy atom. The molecule has 0 saturated carbocycles. The van der Waals surface area contributed by atoms with Gasteiger partial charge in [-0.05, 0) is 30.3 Å². The fraction of sp³-hybridized carbons (Fsp3) is 0.0714. The predicted octanol–water partition coefficient (Wildman–Crippen LogP) is 2.52. The average Bonchev–Trinajstić information content (AvgIpc) is 2.46. The molecule has 2 aromatic carbocycles. The van der Waals surface area contributed by atoms with Gasteiger partial charge in [0, 0.05) is 18.8 Å². The number of amides is 2. The van der Waals surface area contributed by atoms with Crippen LogP contribution in [-0.2, 0) is 10.0 Å². The lowest BCUT2D eigenvalue weighted by Gasteiger charge is -2.10. The van der Waals surface area contributed by atoms with E-state index in [1.165, 1.54) is 25.2 Å². The van der Waals surface area contributed by atoms with Crippen molar-refractivity contribution in [1.82, 2.24) is 5.32 Å². The van der Waals surface area contributed by atoms with Crippen molar-refractivity contribution in [2.45, 2.75) is 4.90 Å². The van der Waals surface area contributed by atoms with Crippen molar-refractivity contribution in [3.05, 3.63) is 54.1 Å². The minimum absolute atomic E-state index is 0.128. The molecule has 0 aromatic heterocycles. The van der Waals surface area contributed by atoms with Crippen LogP contribution in [0, 0.1) is 11.6 Å². The molecule has 3 N–H and O–H groups in total. The first-order valence-corrected chi connectivity index (χ1v) is 7.86. The lowest BCUT2D eigenvalue weighted by molar-refractivity contribution is 0.254. The maximum absolute atomic E-state index is 13.2. The molecule has 2 rings (SSSR count). The molecule has 0 saturated heterocycles. The summed E-state index contributed by atoms with van der Waals surface area (Å²) in [5.74, 6) is -2.00. The van der Waals surface area contributed by atoms with Gasteiger partial charge in [0.1, 0.15) is 11.6 Å². The van der Waals surface area contributed by atoms with E-state index in [1.807, 2.05) is 0 Å². The summed E-state index contributed by atoms with van der Waals surface area (Å²) in [5, 5.41) is 4.82. The van der Waals surface area contributed by atoms with Gasteiger partial charge in [0.2, 0.25) is 0 Å². The van der Waals surface area contributed by atoms with E-state index in [2.05, 4.69) is 15.4 Å². The number of nitrogens with one attached hydrogen (secondary N) is 3. The fourth-order valence-corrected chi connectivity index (χ4v) is 2.84. The van der Waals surface area contributed by atoms with Gasteiger partial charge < -0.3 is 10.6 Å². The van der Waals surface area contributed by atoms with E-state index < -0.39 is 32.6 Å². The molecule has 0 fully saturated rings. The maximum atomic E-state index is 13.2. The number of sulfonamides is 1. The van der Waals surface area contributed by atoms with Crippen LogP contribution in [0.5, 0.6) is 0 Å². The quantitative estimate of drug-likeness (QED) is 0.798. The van der Waals surface area contributed by atoms with Crippen LogP contribution >= 0.6 is 0 Å². The summed E-state index contributed by atoms with van der Waals surface area (Å²) in [6.07, 6.45) is 0. The van der Waals surface area contributed by atoms with Crippen LogP contribution in [-0.4, -0.2) is 21.5 Å². The van der Waals surface area contributed by atoms with E-state index in [9.17, 15) is 22.0 Å². The minimum atomic E-state index is -4.17. The molecule has 6 nitrogen and oxygen atoms in total. The summed E-state index contributed by atoms with van der Waals surface area (Å²) in [6.45, 7) is 0. The van der Waals surface area contributed by atoms with Crippen LogP contribution in [0.3, 0.4) is 0 Å². The van der Waals surface area contributed by atoms with E-state index in [0.717, 1.165) is 0 Å². The molecule has 0 bridgehead atoms. The van der Waals surface area contributed by atoms with Gasteiger partial charge in [0.05, 0.1) is 10.6 Å². The second kappa shape index (κ2) is 6.61. The van der Waals surface area contributed by atoms with Crippen molar-refractivity contribution >= 4 is 27.4 Å². The molecule has 0 heterocycles. The number of benzene rings is 2. The molecule has 9 heteroatoms. The van der Waals surface area contributed by atoms with E-state index in [0.29, 0.717) is 23.9 Å². The third-order valence-electron chi connectivity index (χ3n) is 2.75. The Morgan fingerprint density at radius 2 is 1.61 bits per heavy atom. The topological polar surface area (TPSA) is 87.3 Å². The summed E-state index contributed by atoms with van der Waals surface area (Å²) < 4.78 is 52.8. The number of rotatable bonds is 4. The number of carbonyl (C=O) groups is 1. The molecule has 0 atom stereocenters. The van der Waals surface area contributed by atoms with Crippen LogP contribution in [0.2, 0.25) is 0 Å². The molecular weight excluding hydrogens is 328 g/mol. The summed E-state index contributed by atoms with van der Waals surface area (Å²) in [6, 6.07) is 7.37. The Morgan fingerprint density at radius 3 is 2.22 bits per heavy atom. The highest BCUT2D eigenvalue weighted by atomic mass is 32.2. The van der Waals surface area contributed by atoms with Gasteiger partial charge in [0.15, 0.2) is 0 Å². The number of anilines is 2. The van der Waals surface area contributed by atoms with Crippen molar-refractivity contribution in [2.75, 3.05) is 17.1 Å². The van der Waals surface area contributed by atoms with Gasteiger partial charge in [-0.25, -0.2) is 22.0 Å². The van der Waals surface area contributed by atoms with Crippen LogP contribution in [0.1, 0.15) is 0 Å². The van der Waals surface area contributed by atoms with Gasteiger partial charge in [-0.1, -0.05) is 6.07 Å². The third kappa shape index (κ3) is 4.39. The molecular formula is C14H13F2N3O3S. The standard InChI is InChI=1S/C14H13F2N3O3S/c1-17-14(20)18-11-3-2-4-12(8-11)19-23(21,22)13-6-9(15)5-10(16)7-13/h2-8,19H,1H3,(H2,17,18,20). The molecule has 2 aromatic rings. The zero-order valence-electron chi connectivity index (χ0n) is 11.9. The van der Waals surface area contributed by atoms with Crippen molar-refractivity contribution < 1.29 is 22.0 Å². The Kier molecular flexibility index (Phi) is 4.80. The van der Waals surface area contributed by atoms with Crippen molar-refractivity contribution in [1.29, 1.82) is 0 Å². The van der Waals surface area contributed by atoms with E-state index in [1.54, 1.807) is 6.07 Å². The third-order valence-corrected chi connectivity index (χ3v) is 4.11. The predicted molar refractivity (Wildman–Crippen MR) is 81.7 cm³/mol. The molecule has 0 aliphatic rings. The Bertz CT molecular complexity index is 821. The number of urea groups is 1. The van der Waals surface area contributed by atoms with Gasteiger partial charge in [-0.15, -0.1) is 0 Å². The molecule has 0 aliphatic heterocycles. The lowest BCUT2D eigenvalue weighted by atomic mass is 10.3. The van der Waals surface area contributed by atoms with Crippen molar-refractivity contribution in [2.24, 2.45) is 0 Å². The zero-order valence-corrected chi connectivity index (χ0v) is 12.7. The van der Waals surface area contributed by atoms with Crippen LogP contribution < -0.4 is 15.4 Å². The first-order valence-electron chi connectivity index (χ1n) is 6.38. The van der Waals surface area contributed by atoms with Gasteiger partial charge >= 0.3 is 6.03 Å². The second-order valence-electron chi connectivity index (χ2n) is 4.50. The minimum Gasteiger partial charge on any atom is -0.341 e. The summed E-state index contributed by atoms with van der Waals surface area (Å²) in [5.41, 5.74) is 0.471. The molecule has 23 heavy (non-hydrogen) atoms.